The lowest BCUT2D eigenvalue weighted by atomic mass is 9.92. The standard InChI is InChI=1S/C18H23NO7/c1-13(20)24-12-15-5-8-18(19(21)22)17(15)9-10-25-26-11-14-3-6-16(23-2)7-4-14/h3-4,6-8,15,17H,5,9-12H2,1-2H3/t15-,17+/m0/s1. The van der Waals surface area contributed by atoms with Crippen molar-refractivity contribution in [1.29, 1.82) is 0 Å². The number of esters is 1. The second kappa shape index (κ2) is 9.88. The molecule has 1 aromatic rings. The molecule has 1 aromatic carbocycles. The lowest BCUT2D eigenvalue weighted by Crippen LogP contribution is -2.22. The number of nitrogens with zero attached hydrogens (tertiary/aromatic N) is 1. The molecule has 0 aromatic heterocycles. The van der Waals surface area contributed by atoms with Crippen molar-refractivity contribution in [2.75, 3.05) is 20.3 Å². The van der Waals surface area contributed by atoms with Crippen LogP contribution in [0.3, 0.4) is 0 Å². The van der Waals surface area contributed by atoms with Crippen molar-refractivity contribution in [3.8, 4) is 5.75 Å². The van der Waals surface area contributed by atoms with E-state index in [1.807, 2.05) is 24.3 Å². The maximum atomic E-state index is 11.2. The summed E-state index contributed by atoms with van der Waals surface area (Å²) < 4.78 is 10.1. The van der Waals surface area contributed by atoms with Gasteiger partial charge in [-0.25, -0.2) is 9.78 Å². The molecular formula is C18H23NO7. The Morgan fingerprint density at radius 2 is 2.00 bits per heavy atom. The first-order valence-corrected chi connectivity index (χ1v) is 8.36. The summed E-state index contributed by atoms with van der Waals surface area (Å²) in [5.74, 6) is -0.0652. The number of allylic oxidation sites excluding steroid dienone is 2. The Bertz CT molecular complexity index is 641. The van der Waals surface area contributed by atoms with E-state index in [9.17, 15) is 14.9 Å². The monoisotopic (exact) mass is 365 g/mol. The maximum absolute atomic E-state index is 11.2. The minimum absolute atomic E-state index is 0.107. The third-order valence-electron chi connectivity index (χ3n) is 4.27. The van der Waals surface area contributed by atoms with Crippen LogP contribution in [0.1, 0.15) is 25.3 Å². The lowest BCUT2D eigenvalue weighted by Gasteiger charge is -2.18. The Hall–Kier alpha value is -2.45. The number of ether oxygens (including phenoxy) is 2. The molecule has 26 heavy (non-hydrogen) atoms. The quantitative estimate of drug-likeness (QED) is 0.207. The molecule has 0 unspecified atom stereocenters. The molecule has 2 rings (SSSR count). The molecule has 0 N–H and O–H groups in total. The van der Waals surface area contributed by atoms with E-state index in [0.29, 0.717) is 12.8 Å². The molecule has 8 nitrogen and oxygen atoms in total. The topological polar surface area (TPSA) is 97.1 Å². The predicted molar refractivity (Wildman–Crippen MR) is 91.7 cm³/mol. The predicted octanol–water partition coefficient (Wildman–Crippen LogP) is 2.89. The number of hydrogen-bond acceptors (Lipinski definition) is 7. The Morgan fingerprint density at radius 3 is 2.62 bits per heavy atom. The second-order valence-corrected chi connectivity index (χ2v) is 6.01. The molecule has 0 aliphatic heterocycles. The van der Waals surface area contributed by atoms with Gasteiger partial charge in [0.2, 0.25) is 5.70 Å². The highest BCUT2D eigenvalue weighted by Crippen LogP contribution is 2.35. The Balaban J connectivity index is 1.76. The number of hydrogen-bond donors (Lipinski definition) is 0. The number of benzene rings is 1. The van der Waals surface area contributed by atoms with E-state index in [-0.39, 0.29) is 42.3 Å². The minimum atomic E-state index is -0.391. The third kappa shape index (κ3) is 5.82. The zero-order valence-corrected chi connectivity index (χ0v) is 14.9. The van der Waals surface area contributed by atoms with Gasteiger partial charge in [-0.1, -0.05) is 12.1 Å². The van der Waals surface area contributed by atoms with Gasteiger partial charge in [-0.3, -0.25) is 14.9 Å². The largest absolute Gasteiger partial charge is 0.497 e. The van der Waals surface area contributed by atoms with Gasteiger partial charge in [-0.15, -0.1) is 0 Å². The van der Waals surface area contributed by atoms with Crippen LogP contribution in [0.4, 0.5) is 0 Å². The fourth-order valence-corrected chi connectivity index (χ4v) is 2.90. The minimum Gasteiger partial charge on any atom is -0.497 e. The molecule has 0 radical (unpaired) electrons. The van der Waals surface area contributed by atoms with Gasteiger partial charge in [0.25, 0.3) is 0 Å². The van der Waals surface area contributed by atoms with Crippen LogP contribution in [0.2, 0.25) is 0 Å². The summed E-state index contributed by atoms with van der Waals surface area (Å²) >= 11 is 0. The average molecular weight is 365 g/mol. The molecule has 142 valence electrons. The van der Waals surface area contributed by atoms with Crippen LogP contribution in [0.15, 0.2) is 36.0 Å². The highest BCUT2D eigenvalue weighted by Gasteiger charge is 2.37. The lowest BCUT2D eigenvalue weighted by molar-refractivity contribution is -0.434. The molecule has 0 amide bonds. The number of methoxy groups -OCH3 is 1. The van der Waals surface area contributed by atoms with Crippen LogP contribution in [0.5, 0.6) is 5.75 Å². The smallest absolute Gasteiger partial charge is 0.302 e. The summed E-state index contributed by atoms with van der Waals surface area (Å²) in [5.41, 5.74) is 1.08. The van der Waals surface area contributed by atoms with Gasteiger partial charge in [-0.05, 0) is 36.6 Å². The fraction of sp³-hybridized carbons (Fsp3) is 0.500. The molecule has 0 saturated carbocycles. The van der Waals surface area contributed by atoms with Crippen LogP contribution in [0, 0.1) is 22.0 Å². The zero-order valence-electron chi connectivity index (χ0n) is 14.9. The first-order chi connectivity index (χ1) is 12.5. The van der Waals surface area contributed by atoms with Gasteiger partial charge in [0.1, 0.15) is 12.4 Å². The first-order valence-electron chi connectivity index (χ1n) is 8.36. The van der Waals surface area contributed by atoms with Crippen molar-refractivity contribution in [1.82, 2.24) is 0 Å². The Labute approximate surface area is 151 Å². The average Bonchev–Trinajstić information content (AvgIpc) is 3.03. The van der Waals surface area contributed by atoms with E-state index >= 15 is 0 Å². The van der Waals surface area contributed by atoms with Crippen LogP contribution in [-0.2, 0) is 25.9 Å². The van der Waals surface area contributed by atoms with E-state index in [0.717, 1.165) is 11.3 Å². The highest BCUT2D eigenvalue weighted by atomic mass is 17.2. The van der Waals surface area contributed by atoms with Crippen LogP contribution in [-0.4, -0.2) is 31.2 Å². The van der Waals surface area contributed by atoms with Gasteiger partial charge in [0.15, 0.2) is 0 Å². The van der Waals surface area contributed by atoms with Gasteiger partial charge in [0, 0.05) is 12.8 Å². The van der Waals surface area contributed by atoms with E-state index in [1.54, 1.807) is 13.2 Å². The molecule has 8 heteroatoms. The van der Waals surface area contributed by atoms with Crippen LogP contribution < -0.4 is 4.74 Å². The summed E-state index contributed by atoms with van der Waals surface area (Å²) in [5, 5.41) is 11.2. The van der Waals surface area contributed by atoms with E-state index in [1.165, 1.54) is 6.92 Å². The molecular weight excluding hydrogens is 342 g/mol. The normalized spacial score (nSPS) is 19.1. The second-order valence-electron chi connectivity index (χ2n) is 6.01. The molecule has 0 fully saturated rings. The molecule has 0 saturated heterocycles. The summed E-state index contributed by atoms with van der Waals surface area (Å²) in [7, 11) is 1.60. The summed E-state index contributed by atoms with van der Waals surface area (Å²) in [6.07, 6.45) is 2.53. The van der Waals surface area contributed by atoms with Crippen molar-refractivity contribution >= 4 is 5.97 Å². The summed E-state index contributed by atoms with van der Waals surface area (Å²) in [6, 6.07) is 7.37. The van der Waals surface area contributed by atoms with Crippen molar-refractivity contribution in [3.63, 3.8) is 0 Å². The molecule has 0 heterocycles. The number of rotatable bonds is 10. The first kappa shape index (κ1) is 19.9. The number of nitro groups is 1. The fourth-order valence-electron chi connectivity index (χ4n) is 2.90. The number of carbonyl (C=O) groups excluding carboxylic acids is 1. The van der Waals surface area contributed by atoms with Gasteiger partial charge >= 0.3 is 5.97 Å². The summed E-state index contributed by atoms with van der Waals surface area (Å²) in [4.78, 5) is 32.1. The number of carbonyl (C=O) groups is 1. The highest BCUT2D eigenvalue weighted by molar-refractivity contribution is 5.65. The zero-order chi connectivity index (χ0) is 18.9. The maximum Gasteiger partial charge on any atom is 0.302 e. The molecule has 0 bridgehead atoms. The van der Waals surface area contributed by atoms with E-state index < -0.39 is 5.97 Å². The molecule has 1 aliphatic carbocycles. The SMILES string of the molecule is COc1ccc(COOCC[C@H]2C([N+](=O)[O-])=CC[C@H]2COC(C)=O)cc1. The van der Waals surface area contributed by atoms with Crippen molar-refractivity contribution in [2.45, 2.75) is 26.4 Å². The van der Waals surface area contributed by atoms with Crippen molar-refractivity contribution in [2.24, 2.45) is 11.8 Å². The van der Waals surface area contributed by atoms with Gasteiger partial charge < -0.3 is 9.47 Å². The van der Waals surface area contributed by atoms with Gasteiger partial charge in [0.05, 0.1) is 31.2 Å². The van der Waals surface area contributed by atoms with Crippen molar-refractivity contribution < 1.29 is 29.0 Å². The van der Waals surface area contributed by atoms with E-state index in [2.05, 4.69) is 0 Å². The molecule has 0 spiro atoms. The van der Waals surface area contributed by atoms with Crippen LogP contribution in [0.25, 0.3) is 0 Å². The van der Waals surface area contributed by atoms with Crippen molar-refractivity contribution in [3.05, 3.63) is 51.7 Å². The van der Waals surface area contributed by atoms with Crippen LogP contribution >= 0.6 is 0 Å². The molecule has 2 atom stereocenters. The Kier molecular flexibility index (Phi) is 7.55. The third-order valence-corrected chi connectivity index (χ3v) is 4.27. The Morgan fingerprint density at radius 1 is 1.27 bits per heavy atom. The molecule has 1 aliphatic rings. The summed E-state index contributed by atoms with van der Waals surface area (Å²) in [6.45, 7) is 1.97. The van der Waals surface area contributed by atoms with E-state index in [4.69, 9.17) is 19.2 Å². The van der Waals surface area contributed by atoms with Gasteiger partial charge in [-0.2, -0.15) is 0 Å².